The summed E-state index contributed by atoms with van der Waals surface area (Å²) in [6.45, 7) is 6.53. The molecule has 480 valence electrons. The van der Waals surface area contributed by atoms with Gasteiger partial charge >= 0.3 is 17.9 Å². The Morgan fingerprint density at radius 2 is 0.470 bits per heavy atom. The van der Waals surface area contributed by atoms with Crippen LogP contribution in [0.3, 0.4) is 0 Å². The quantitative estimate of drug-likeness (QED) is 0.0261. The van der Waals surface area contributed by atoms with Crippen LogP contribution in [0.4, 0.5) is 0 Å². The molecule has 0 amide bonds. The van der Waals surface area contributed by atoms with Crippen LogP contribution in [0.2, 0.25) is 0 Å². The van der Waals surface area contributed by atoms with Crippen LogP contribution in [0.5, 0.6) is 0 Å². The van der Waals surface area contributed by atoms with Gasteiger partial charge in [-0.1, -0.05) is 318 Å². The zero-order valence-electron chi connectivity index (χ0n) is 55.2. The highest BCUT2D eigenvalue weighted by atomic mass is 16.6. The Hall–Kier alpha value is -3.41. The molecule has 83 heavy (non-hydrogen) atoms. The van der Waals surface area contributed by atoms with E-state index < -0.39 is 6.10 Å². The van der Waals surface area contributed by atoms with E-state index in [4.69, 9.17) is 14.2 Å². The van der Waals surface area contributed by atoms with Gasteiger partial charge in [-0.2, -0.15) is 0 Å². The monoisotopic (exact) mass is 1160 g/mol. The molecule has 0 aromatic heterocycles. The first-order chi connectivity index (χ1) is 41.0. The first-order valence-electron chi connectivity index (χ1n) is 36.1. The second-order valence-corrected chi connectivity index (χ2v) is 24.1. The predicted molar refractivity (Wildman–Crippen MR) is 362 cm³/mol. The lowest BCUT2D eigenvalue weighted by Crippen LogP contribution is -2.30. The summed E-state index contributed by atoms with van der Waals surface area (Å²) in [6, 6.07) is 0. The van der Waals surface area contributed by atoms with Crippen LogP contribution in [0, 0.1) is 0 Å². The lowest BCUT2D eigenvalue weighted by atomic mass is 10.0. The van der Waals surface area contributed by atoms with Crippen LogP contribution in [-0.4, -0.2) is 37.2 Å². The third-order valence-corrected chi connectivity index (χ3v) is 15.9. The van der Waals surface area contributed by atoms with E-state index in [1.54, 1.807) is 0 Å². The molecule has 0 aliphatic carbocycles. The van der Waals surface area contributed by atoms with E-state index in [-0.39, 0.29) is 31.1 Å². The lowest BCUT2D eigenvalue weighted by molar-refractivity contribution is -0.167. The van der Waals surface area contributed by atoms with Crippen molar-refractivity contribution < 1.29 is 28.6 Å². The molecule has 0 aromatic rings. The fraction of sp³-hybridized carbons (Fsp3) is 0.779. The minimum absolute atomic E-state index is 0.0836. The number of hydrogen-bond acceptors (Lipinski definition) is 6. The number of rotatable bonds is 66. The number of carbonyl (C=O) groups is 3. The van der Waals surface area contributed by atoms with Crippen LogP contribution >= 0.6 is 0 Å². The van der Waals surface area contributed by atoms with E-state index in [1.165, 1.54) is 225 Å². The van der Waals surface area contributed by atoms with Crippen molar-refractivity contribution in [2.45, 2.75) is 374 Å². The Labute approximate surface area is 515 Å². The van der Waals surface area contributed by atoms with Gasteiger partial charge in [-0.15, -0.1) is 0 Å². The van der Waals surface area contributed by atoms with Gasteiger partial charge in [0.15, 0.2) is 6.10 Å². The van der Waals surface area contributed by atoms with Crippen molar-refractivity contribution >= 4 is 17.9 Å². The minimum Gasteiger partial charge on any atom is -0.462 e. The molecule has 1 unspecified atom stereocenters. The molecule has 0 aliphatic rings. The third-order valence-electron chi connectivity index (χ3n) is 15.9. The molecule has 0 fully saturated rings. The summed E-state index contributed by atoms with van der Waals surface area (Å²) >= 11 is 0. The molecule has 6 nitrogen and oxygen atoms in total. The second-order valence-electron chi connectivity index (χ2n) is 24.1. The molecular weight excluding hydrogens is 1020 g/mol. The maximum absolute atomic E-state index is 13.0. The van der Waals surface area contributed by atoms with E-state index in [0.29, 0.717) is 19.3 Å². The van der Waals surface area contributed by atoms with Crippen molar-refractivity contribution in [3.63, 3.8) is 0 Å². The number of unbranched alkanes of at least 4 members (excludes halogenated alkanes) is 41. The van der Waals surface area contributed by atoms with Gasteiger partial charge in [0.1, 0.15) is 13.2 Å². The van der Waals surface area contributed by atoms with Gasteiger partial charge in [0.25, 0.3) is 0 Å². The summed E-state index contributed by atoms with van der Waals surface area (Å²) in [5.41, 5.74) is 0. The van der Waals surface area contributed by atoms with Crippen molar-refractivity contribution in [1.29, 1.82) is 0 Å². The molecule has 0 bridgehead atoms. The number of hydrogen-bond donors (Lipinski definition) is 0. The fourth-order valence-corrected chi connectivity index (χ4v) is 10.5. The zero-order chi connectivity index (χ0) is 59.9. The average molecular weight is 1160 g/mol. The largest absolute Gasteiger partial charge is 0.462 e. The summed E-state index contributed by atoms with van der Waals surface area (Å²) in [7, 11) is 0. The molecule has 0 rings (SSSR count). The topological polar surface area (TPSA) is 78.9 Å². The molecule has 0 spiro atoms. The second kappa shape index (κ2) is 71.1. The van der Waals surface area contributed by atoms with Gasteiger partial charge in [-0.05, 0) is 116 Å². The lowest BCUT2D eigenvalue weighted by Gasteiger charge is -2.18. The molecule has 1 atom stereocenters. The zero-order valence-corrected chi connectivity index (χ0v) is 55.2. The van der Waals surface area contributed by atoms with E-state index in [2.05, 4.69) is 106 Å². The van der Waals surface area contributed by atoms with E-state index in [0.717, 1.165) is 103 Å². The summed E-state index contributed by atoms with van der Waals surface area (Å²) in [5.74, 6) is -0.894. The Morgan fingerprint density at radius 1 is 0.253 bits per heavy atom. The Bertz CT molecular complexity index is 1570. The molecule has 0 saturated heterocycles. The number of esters is 3. The molecule has 0 aromatic carbocycles. The summed E-state index contributed by atoms with van der Waals surface area (Å²) in [4.78, 5) is 38.5. The number of carbonyl (C=O) groups excluding carboxylic acids is 3. The van der Waals surface area contributed by atoms with Crippen molar-refractivity contribution in [2.24, 2.45) is 0 Å². The first-order valence-corrected chi connectivity index (χ1v) is 36.1. The highest BCUT2D eigenvalue weighted by Gasteiger charge is 2.19. The molecule has 0 heterocycles. The molecule has 0 radical (unpaired) electrons. The van der Waals surface area contributed by atoms with Gasteiger partial charge in [0, 0.05) is 19.3 Å². The van der Waals surface area contributed by atoms with Crippen molar-refractivity contribution in [3.8, 4) is 0 Å². The standard InChI is InChI=1S/C77H136O6/c1-4-7-10-13-16-19-22-25-28-31-33-34-35-36-37-38-39-40-41-42-44-46-49-52-55-58-61-64-67-70-76(79)82-73-74(72-81-75(78)69-66-63-60-57-54-51-48-45-30-27-24-21-18-15-12-9-6-3)83-77(80)71-68-65-62-59-56-53-50-47-43-32-29-26-23-20-17-14-11-8-5-2/h9,12,17-18,20-21,26-27,29-31,33,48,51,74H,4-8,10-11,13-16,19,22-25,28,32,34-47,49-50,52-73H2,1-3H3/b12-9-,20-17-,21-18-,29-26-,30-27-,33-31-,51-48-. The Balaban J connectivity index is 4.29. The van der Waals surface area contributed by atoms with Gasteiger partial charge in [-0.3, -0.25) is 14.4 Å². The van der Waals surface area contributed by atoms with Crippen LogP contribution < -0.4 is 0 Å². The smallest absolute Gasteiger partial charge is 0.306 e. The van der Waals surface area contributed by atoms with Crippen LogP contribution in [-0.2, 0) is 28.6 Å². The minimum atomic E-state index is -0.791. The maximum Gasteiger partial charge on any atom is 0.306 e. The van der Waals surface area contributed by atoms with E-state index >= 15 is 0 Å². The Kier molecular flexibility index (Phi) is 68.2. The Morgan fingerprint density at radius 3 is 0.771 bits per heavy atom. The van der Waals surface area contributed by atoms with Gasteiger partial charge in [0.05, 0.1) is 0 Å². The van der Waals surface area contributed by atoms with Gasteiger partial charge < -0.3 is 14.2 Å². The van der Waals surface area contributed by atoms with Gasteiger partial charge in [-0.25, -0.2) is 0 Å². The van der Waals surface area contributed by atoms with Gasteiger partial charge in [0.2, 0.25) is 0 Å². The van der Waals surface area contributed by atoms with E-state index in [9.17, 15) is 14.4 Å². The van der Waals surface area contributed by atoms with Crippen molar-refractivity contribution in [2.75, 3.05) is 13.2 Å². The maximum atomic E-state index is 13.0. The van der Waals surface area contributed by atoms with Crippen LogP contribution in [0.15, 0.2) is 85.1 Å². The molecule has 0 N–H and O–H groups in total. The van der Waals surface area contributed by atoms with Crippen molar-refractivity contribution in [3.05, 3.63) is 85.1 Å². The normalized spacial score (nSPS) is 12.6. The summed E-state index contributed by atoms with van der Waals surface area (Å²) < 4.78 is 17.0. The molecule has 0 saturated carbocycles. The number of allylic oxidation sites excluding steroid dienone is 14. The van der Waals surface area contributed by atoms with Crippen molar-refractivity contribution in [1.82, 2.24) is 0 Å². The first kappa shape index (κ1) is 79.6. The summed E-state index contributed by atoms with van der Waals surface area (Å²) in [6.07, 6.45) is 94.7. The SMILES string of the molecule is CC/C=C\C/C=C\C/C=C\C/C=C\CCCCCCC(=O)OCC(COC(=O)CCCCCCCCCCCCCCCCCCC/C=C\CCCCCCCCCC)OC(=O)CCCCCCCCCCC/C=C\C/C=C\CCCCC. The highest BCUT2D eigenvalue weighted by Crippen LogP contribution is 2.18. The molecule has 0 aliphatic heterocycles. The molecule has 6 heteroatoms. The third kappa shape index (κ3) is 69.3. The fourth-order valence-electron chi connectivity index (χ4n) is 10.5. The molecular formula is C77H136O6. The predicted octanol–water partition coefficient (Wildman–Crippen LogP) is 25.0. The summed E-state index contributed by atoms with van der Waals surface area (Å²) in [5, 5.41) is 0. The number of ether oxygens (including phenoxy) is 3. The highest BCUT2D eigenvalue weighted by molar-refractivity contribution is 5.71. The van der Waals surface area contributed by atoms with E-state index in [1.807, 2.05) is 0 Å². The van der Waals surface area contributed by atoms with Crippen LogP contribution in [0.1, 0.15) is 367 Å². The average Bonchev–Trinajstić information content (AvgIpc) is 3.50. The van der Waals surface area contributed by atoms with Crippen LogP contribution in [0.25, 0.3) is 0 Å².